The Labute approximate surface area is 183 Å². The van der Waals surface area contributed by atoms with Crippen LogP contribution in [0.3, 0.4) is 0 Å². The molecule has 166 valence electrons. The van der Waals surface area contributed by atoms with Gasteiger partial charge in [-0.25, -0.2) is 4.79 Å². The van der Waals surface area contributed by atoms with Crippen molar-refractivity contribution in [2.75, 3.05) is 32.8 Å². The van der Waals surface area contributed by atoms with E-state index in [1.54, 1.807) is 6.07 Å². The maximum Gasteiger partial charge on any atom is 0.317 e. The normalized spacial score (nSPS) is 18.0. The molecule has 2 aliphatic rings. The van der Waals surface area contributed by atoms with E-state index in [1.165, 1.54) is 18.1 Å². The Kier molecular flexibility index (Phi) is 7.25. The first-order valence-corrected chi connectivity index (χ1v) is 11.2. The summed E-state index contributed by atoms with van der Waals surface area (Å²) in [6.07, 6.45) is 7.11. The average molecular weight is 426 g/mol. The van der Waals surface area contributed by atoms with Crippen molar-refractivity contribution in [3.05, 3.63) is 60.1 Å². The first-order valence-electron chi connectivity index (χ1n) is 11.2. The van der Waals surface area contributed by atoms with Gasteiger partial charge >= 0.3 is 6.03 Å². The third-order valence-electron chi connectivity index (χ3n) is 6.26. The van der Waals surface area contributed by atoms with Crippen LogP contribution >= 0.6 is 0 Å². The fourth-order valence-electron chi connectivity index (χ4n) is 4.56. The van der Waals surface area contributed by atoms with Crippen molar-refractivity contribution in [2.24, 2.45) is 0 Å². The van der Waals surface area contributed by atoms with E-state index in [4.69, 9.17) is 9.15 Å². The van der Waals surface area contributed by atoms with Gasteiger partial charge in [-0.3, -0.25) is 4.79 Å². The van der Waals surface area contributed by atoms with Crippen molar-refractivity contribution in [1.82, 2.24) is 15.1 Å². The molecule has 1 N–H and O–H groups in total. The topological polar surface area (TPSA) is 75.0 Å². The van der Waals surface area contributed by atoms with Crippen molar-refractivity contribution < 1.29 is 18.7 Å². The van der Waals surface area contributed by atoms with Crippen molar-refractivity contribution in [2.45, 2.75) is 44.2 Å². The summed E-state index contributed by atoms with van der Waals surface area (Å²) in [6, 6.07) is 12.2. The van der Waals surface area contributed by atoms with E-state index >= 15 is 0 Å². The van der Waals surface area contributed by atoms with E-state index in [0.29, 0.717) is 38.4 Å². The Morgan fingerprint density at radius 1 is 1.00 bits per heavy atom. The van der Waals surface area contributed by atoms with Crippen LogP contribution in [0.2, 0.25) is 0 Å². The standard InChI is InChI=1S/C24H31N3O4/c28-23(20-9-15-31-18-20)26-13-7-21(8-14-26)27(22-10-16-30-17-11-22)24(29)25-12-6-19-4-2-1-3-5-19/h1-5,9,15,18,21-22H,6-8,10-14,16-17H2,(H,25,29). The molecule has 2 saturated heterocycles. The molecule has 4 rings (SSSR count). The van der Waals surface area contributed by atoms with Crippen LogP contribution in [0.15, 0.2) is 53.3 Å². The summed E-state index contributed by atoms with van der Waals surface area (Å²) in [5.41, 5.74) is 1.80. The third kappa shape index (κ3) is 5.47. The highest BCUT2D eigenvalue weighted by Crippen LogP contribution is 2.25. The molecule has 7 heteroatoms. The molecule has 2 aliphatic heterocycles. The SMILES string of the molecule is O=C(c1ccoc1)N1CCC(N(C(=O)NCCc2ccccc2)C2CCOCC2)CC1. The number of carbonyl (C=O) groups is 2. The minimum absolute atomic E-state index is 0.00226. The maximum absolute atomic E-state index is 13.2. The van der Waals surface area contributed by atoms with Gasteiger partial charge in [0.05, 0.1) is 11.8 Å². The minimum atomic E-state index is -0.00266. The van der Waals surface area contributed by atoms with Gasteiger partial charge < -0.3 is 24.3 Å². The van der Waals surface area contributed by atoms with Crippen molar-refractivity contribution >= 4 is 11.9 Å². The van der Waals surface area contributed by atoms with E-state index < -0.39 is 0 Å². The van der Waals surface area contributed by atoms with Crippen molar-refractivity contribution in [1.29, 1.82) is 0 Å². The molecule has 2 fully saturated rings. The second-order valence-electron chi connectivity index (χ2n) is 8.25. The lowest BCUT2D eigenvalue weighted by Crippen LogP contribution is -2.56. The lowest BCUT2D eigenvalue weighted by atomic mass is 9.98. The van der Waals surface area contributed by atoms with Crippen LogP contribution in [-0.4, -0.2) is 66.7 Å². The molecule has 1 aromatic heterocycles. The fraction of sp³-hybridized carbons (Fsp3) is 0.500. The Morgan fingerprint density at radius 2 is 1.71 bits per heavy atom. The molecule has 3 amide bonds. The monoisotopic (exact) mass is 425 g/mol. The smallest absolute Gasteiger partial charge is 0.317 e. The summed E-state index contributed by atoms with van der Waals surface area (Å²) >= 11 is 0. The molecule has 2 aromatic rings. The van der Waals surface area contributed by atoms with Gasteiger partial charge in [0, 0.05) is 44.9 Å². The number of urea groups is 1. The first kappa shape index (κ1) is 21.4. The number of hydrogen-bond donors (Lipinski definition) is 1. The Bertz CT molecular complexity index is 826. The quantitative estimate of drug-likeness (QED) is 0.771. The Balaban J connectivity index is 1.36. The largest absolute Gasteiger partial charge is 0.472 e. The average Bonchev–Trinajstić information content (AvgIpc) is 3.36. The number of benzene rings is 1. The van der Waals surface area contributed by atoms with Gasteiger partial charge in [0.1, 0.15) is 6.26 Å². The second-order valence-corrected chi connectivity index (χ2v) is 8.25. The van der Waals surface area contributed by atoms with Crippen LogP contribution in [0.1, 0.15) is 41.6 Å². The van der Waals surface area contributed by atoms with Gasteiger partial charge in [-0.2, -0.15) is 0 Å². The number of nitrogens with one attached hydrogen (secondary N) is 1. The van der Waals surface area contributed by atoms with E-state index in [0.717, 1.165) is 32.1 Å². The number of ether oxygens (including phenoxy) is 1. The highest BCUT2D eigenvalue weighted by molar-refractivity contribution is 5.93. The molecule has 0 aliphatic carbocycles. The van der Waals surface area contributed by atoms with Gasteiger partial charge in [-0.05, 0) is 43.7 Å². The highest BCUT2D eigenvalue weighted by atomic mass is 16.5. The summed E-state index contributed by atoms with van der Waals surface area (Å²) < 4.78 is 10.6. The molecule has 0 saturated carbocycles. The lowest BCUT2D eigenvalue weighted by molar-refractivity contribution is 0.0209. The first-order chi connectivity index (χ1) is 15.2. The number of carbonyl (C=O) groups excluding carboxylic acids is 2. The predicted octanol–water partition coefficient (Wildman–Crippen LogP) is 3.32. The number of piperidine rings is 1. The van der Waals surface area contributed by atoms with Crippen LogP contribution in [0.25, 0.3) is 0 Å². The van der Waals surface area contributed by atoms with Crippen LogP contribution in [0, 0.1) is 0 Å². The highest BCUT2D eigenvalue weighted by Gasteiger charge is 2.35. The number of amides is 3. The summed E-state index contributed by atoms with van der Waals surface area (Å²) in [5.74, 6) is -0.00266. The second kappa shape index (κ2) is 10.5. The third-order valence-corrected chi connectivity index (χ3v) is 6.26. The van der Waals surface area contributed by atoms with Crippen LogP contribution in [0.4, 0.5) is 4.79 Å². The van der Waals surface area contributed by atoms with Crippen molar-refractivity contribution in [3.8, 4) is 0 Å². The van der Waals surface area contributed by atoms with Crippen LogP contribution in [0.5, 0.6) is 0 Å². The van der Waals surface area contributed by atoms with Crippen molar-refractivity contribution in [3.63, 3.8) is 0 Å². The lowest BCUT2D eigenvalue weighted by Gasteiger charge is -2.43. The number of hydrogen-bond acceptors (Lipinski definition) is 4. The molecule has 0 bridgehead atoms. The Morgan fingerprint density at radius 3 is 2.39 bits per heavy atom. The molecular formula is C24H31N3O4. The summed E-state index contributed by atoms with van der Waals surface area (Å²) in [5, 5.41) is 3.14. The summed E-state index contributed by atoms with van der Waals surface area (Å²) in [6.45, 7) is 3.28. The van der Waals surface area contributed by atoms with Gasteiger partial charge in [0.15, 0.2) is 0 Å². The molecule has 0 spiro atoms. The summed E-state index contributed by atoms with van der Waals surface area (Å²) in [4.78, 5) is 29.7. The summed E-state index contributed by atoms with van der Waals surface area (Å²) in [7, 11) is 0. The predicted molar refractivity (Wildman–Crippen MR) is 117 cm³/mol. The zero-order valence-electron chi connectivity index (χ0n) is 17.9. The van der Waals surface area contributed by atoms with Gasteiger partial charge in [-0.15, -0.1) is 0 Å². The molecule has 0 atom stereocenters. The number of nitrogens with zero attached hydrogens (tertiary/aromatic N) is 2. The van der Waals surface area contributed by atoms with E-state index in [-0.39, 0.29) is 24.0 Å². The molecular weight excluding hydrogens is 394 g/mol. The van der Waals surface area contributed by atoms with E-state index in [1.807, 2.05) is 28.0 Å². The minimum Gasteiger partial charge on any atom is -0.472 e. The molecule has 0 unspecified atom stereocenters. The molecule has 31 heavy (non-hydrogen) atoms. The number of rotatable bonds is 6. The molecule has 1 aromatic carbocycles. The number of furan rings is 1. The number of likely N-dealkylation sites (tertiary alicyclic amines) is 1. The molecule has 0 radical (unpaired) electrons. The zero-order chi connectivity index (χ0) is 21.5. The van der Waals surface area contributed by atoms with E-state index in [2.05, 4.69) is 17.4 Å². The zero-order valence-corrected chi connectivity index (χ0v) is 17.9. The van der Waals surface area contributed by atoms with Crippen LogP contribution in [-0.2, 0) is 11.2 Å². The van der Waals surface area contributed by atoms with Gasteiger partial charge in [0.2, 0.25) is 0 Å². The molecule has 7 nitrogen and oxygen atoms in total. The van der Waals surface area contributed by atoms with Gasteiger partial charge in [0.25, 0.3) is 5.91 Å². The molecule has 3 heterocycles. The van der Waals surface area contributed by atoms with Crippen LogP contribution < -0.4 is 5.32 Å². The fourth-order valence-corrected chi connectivity index (χ4v) is 4.56. The van der Waals surface area contributed by atoms with Gasteiger partial charge in [-0.1, -0.05) is 30.3 Å². The Hall–Kier alpha value is -2.80. The maximum atomic E-state index is 13.2. The van der Waals surface area contributed by atoms with E-state index in [9.17, 15) is 9.59 Å².